The number of carbonyl (C=O) groups excluding carboxylic acids is 4. The first-order chi connectivity index (χ1) is 17.1. The topological polar surface area (TPSA) is 200 Å². The number of nitrogens with two attached hydrogens (primary N) is 1. The number of aliphatic hydroxyl groups excluding tert-OH is 1. The summed E-state index contributed by atoms with van der Waals surface area (Å²) in [5.74, 6) is -4.78. The molecule has 0 bridgehead atoms. The maximum absolute atomic E-state index is 13.0. The van der Waals surface area contributed by atoms with Gasteiger partial charge in [-0.25, -0.2) is 4.79 Å². The van der Waals surface area contributed by atoms with Crippen LogP contribution in [0.4, 0.5) is 0 Å². The number of hydrogen-bond acceptors (Lipinski definition) is 7. The molecule has 0 heterocycles. The third-order valence-corrected chi connectivity index (χ3v) is 6.20. The molecule has 0 saturated heterocycles. The zero-order chi connectivity index (χ0) is 29.0. The zero-order valence-electron chi connectivity index (χ0n) is 23.3. The van der Waals surface area contributed by atoms with Crippen LogP contribution in [0, 0.1) is 23.7 Å². The van der Waals surface area contributed by atoms with Crippen molar-refractivity contribution in [3.63, 3.8) is 0 Å². The van der Waals surface area contributed by atoms with Gasteiger partial charge in [-0.2, -0.15) is 0 Å². The van der Waals surface area contributed by atoms with E-state index in [-0.39, 0.29) is 24.2 Å². The van der Waals surface area contributed by atoms with E-state index in [1.165, 1.54) is 0 Å². The van der Waals surface area contributed by atoms with Gasteiger partial charge >= 0.3 is 5.97 Å². The van der Waals surface area contributed by atoms with Gasteiger partial charge in [-0.3, -0.25) is 19.2 Å². The van der Waals surface area contributed by atoms with Crippen LogP contribution in [0.3, 0.4) is 0 Å². The van der Waals surface area contributed by atoms with E-state index in [2.05, 4.69) is 21.3 Å². The van der Waals surface area contributed by atoms with E-state index in [0.717, 1.165) is 0 Å². The average molecular weight is 530 g/mol. The highest BCUT2D eigenvalue weighted by Gasteiger charge is 2.34. The first-order valence-corrected chi connectivity index (χ1v) is 12.9. The van der Waals surface area contributed by atoms with E-state index in [0.29, 0.717) is 6.42 Å². The fourth-order valence-electron chi connectivity index (χ4n) is 3.45. The van der Waals surface area contributed by atoms with Crippen molar-refractivity contribution in [1.29, 1.82) is 0 Å². The number of carboxylic acid groups (broad SMARTS) is 1. The van der Waals surface area contributed by atoms with Crippen molar-refractivity contribution in [2.45, 2.75) is 98.4 Å². The molecule has 214 valence electrons. The third-order valence-electron chi connectivity index (χ3n) is 6.20. The van der Waals surface area contributed by atoms with Crippen molar-refractivity contribution in [1.82, 2.24) is 21.3 Å². The summed E-state index contributed by atoms with van der Waals surface area (Å²) in [5.41, 5.74) is 5.89. The van der Waals surface area contributed by atoms with Gasteiger partial charge in [0.25, 0.3) is 0 Å². The normalized spacial score (nSPS) is 16.4. The maximum atomic E-state index is 13.0. The zero-order valence-corrected chi connectivity index (χ0v) is 23.3. The van der Waals surface area contributed by atoms with Gasteiger partial charge in [0.1, 0.15) is 24.2 Å². The molecule has 0 saturated carbocycles. The predicted octanol–water partition coefficient (Wildman–Crippen LogP) is -0.266. The van der Waals surface area contributed by atoms with Crippen LogP contribution in [-0.2, 0) is 24.0 Å². The van der Waals surface area contributed by atoms with E-state index in [4.69, 9.17) is 5.73 Å². The number of carboxylic acids is 1. The molecule has 0 aromatic heterocycles. The van der Waals surface area contributed by atoms with E-state index in [1.54, 1.807) is 41.5 Å². The Kier molecular flexibility index (Phi) is 15.0. The minimum absolute atomic E-state index is 0.0225. The van der Waals surface area contributed by atoms with Gasteiger partial charge in [0.2, 0.25) is 23.6 Å². The number of aliphatic hydroxyl groups is 1. The van der Waals surface area contributed by atoms with Crippen LogP contribution in [0.1, 0.15) is 68.2 Å². The summed E-state index contributed by atoms with van der Waals surface area (Å²) in [5, 5.41) is 29.3. The van der Waals surface area contributed by atoms with Crippen molar-refractivity contribution < 1.29 is 34.2 Å². The molecule has 0 unspecified atom stereocenters. The molecule has 8 N–H and O–H groups in total. The highest BCUT2D eigenvalue weighted by molar-refractivity contribution is 5.95. The second-order valence-corrected chi connectivity index (χ2v) is 10.6. The molecule has 6 atom stereocenters. The number of aliphatic carboxylic acids is 1. The summed E-state index contributed by atoms with van der Waals surface area (Å²) in [6.07, 6.45) is 0.762. The van der Waals surface area contributed by atoms with E-state index in [1.807, 2.05) is 13.8 Å². The van der Waals surface area contributed by atoms with Crippen LogP contribution < -0.4 is 27.0 Å². The number of carbonyl (C=O) groups is 5. The Morgan fingerprint density at radius 2 is 1.19 bits per heavy atom. The second-order valence-electron chi connectivity index (χ2n) is 10.6. The van der Waals surface area contributed by atoms with E-state index < -0.39 is 72.3 Å². The lowest BCUT2D eigenvalue weighted by atomic mass is 9.96. The lowest BCUT2D eigenvalue weighted by molar-refractivity contribution is -0.144. The van der Waals surface area contributed by atoms with Crippen molar-refractivity contribution in [2.75, 3.05) is 6.61 Å². The second kappa shape index (κ2) is 16.2. The number of nitrogens with one attached hydrogen (secondary N) is 4. The Balaban J connectivity index is 5.63. The minimum atomic E-state index is -1.41. The molecular weight excluding hydrogens is 482 g/mol. The molecule has 0 aromatic rings. The van der Waals surface area contributed by atoms with Gasteiger partial charge in [-0.15, -0.1) is 0 Å². The molecule has 0 spiro atoms. The highest BCUT2D eigenvalue weighted by atomic mass is 16.4. The van der Waals surface area contributed by atoms with Crippen LogP contribution in [0.2, 0.25) is 0 Å². The Morgan fingerprint density at radius 1 is 0.703 bits per heavy atom. The molecule has 0 radical (unpaired) electrons. The summed E-state index contributed by atoms with van der Waals surface area (Å²) in [4.78, 5) is 62.8. The summed E-state index contributed by atoms with van der Waals surface area (Å²) in [6.45, 7) is 13.3. The van der Waals surface area contributed by atoms with Crippen LogP contribution in [0.25, 0.3) is 0 Å². The van der Waals surface area contributed by atoms with Gasteiger partial charge in [0.15, 0.2) is 0 Å². The molecule has 0 aliphatic rings. The molecule has 12 nitrogen and oxygen atoms in total. The Bertz CT molecular complexity index is 787. The van der Waals surface area contributed by atoms with Gasteiger partial charge in [0.05, 0.1) is 12.6 Å². The Hall–Kier alpha value is -2.73. The molecule has 12 heteroatoms. The molecule has 0 aliphatic carbocycles. The fourth-order valence-corrected chi connectivity index (χ4v) is 3.45. The van der Waals surface area contributed by atoms with E-state index in [9.17, 15) is 34.2 Å². The van der Waals surface area contributed by atoms with Crippen molar-refractivity contribution in [2.24, 2.45) is 29.4 Å². The van der Waals surface area contributed by atoms with Crippen LogP contribution in [-0.4, -0.2) is 76.6 Å². The first-order valence-electron chi connectivity index (χ1n) is 12.9. The summed E-state index contributed by atoms with van der Waals surface area (Å²) in [6, 6.07) is -5.47. The SMILES string of the molecule is CC[C@H](C)[C@H](NC(=O)[C@H](CO)NC(=O)[C@H](CC(C)C)NC(=O)[C@@H](N)C(C)C)C(=O)N[C@H](C(=O)O)C(C)C. The van der Waals surface area contributed by atoms with Crippen LogP contribution >= 0.6 is 0 Å². The predicted molar refractivity (Wildman–Crippen MR) is 139 cm³/mol. The number of amides is 4. The molecule has 0 fully saturated rings. The lowest BCUT2D eigenvalue weighted by Gasteiger charge is -2.29. The molecule has 0 rings (SSSR count). The fraction of sp³-hybridized carbons (Fsp3) is 0.800. The van der Waals surface area contributed by atoms with Crippen LogP contribution in [0.15, 0.2) is 0 Å². The lowest BCUT2D eigenvalue weighted by Crippen LogP contribution is -2.61. The minimum Gasteiger partial charge on any atom is -0.480 e. The van der Waals surface area contributed by atoms with Crippen LogP contribution in [0.5, 0.6) is 0 Å². The largest absolute Gasteiger partial charge is 0.480 e. The summed E-state index contributed by atoms with van der Waals surface area (Å²) < 4.78 is 0. The quantitative estimate of drug-likeness (QED) is 0.142. The van der Waals surface area contributed by atoms with Crippen molar-refractivity contribution in [3.8, 4) is 0 Å². The third kappa shape index (κ3) is 11.5. The molecule has 0 aliphatic heterocycles. The van der Waals surface area contributed by atoms with Gasteiger partial charge in [-0.1, -0.05) is 61.8 Å². The first kappa shape index (κ1) is 34.3. The van der Waals surface area contributed by atoms with Gasteiger partial charge < -0.3 is 37.2 Å². The standard InChI is InChI=1S/C25H47N5O7/c1-9-15(8)20(24(35)29-19(14(6)7)25(36)37)30-22(33)17(11-31)28-21(32)16(10-12(2)3)27-23(34)18(26)13(4)5/h12-20,31H,9-11,26H2,1-8H3,(H,27,34)(H,28,32)(H,29,35)(H,30,33)(H,36,37)/t15-,16-,17-,18-,19-,20-/m0/s1. The number of rotatable bonds is 16. The summed E-state index contributed by atoms with van der Waals surface area (Å²) >= 11 is 0. The average Bonchev–Trinajstić information content (AvgIpc) is 2.81. The highest BCUT2D eigenvalue weighted by Crippen LogP contribution is 2.11. The molecule has 4 amide bonds. The van der Waals surface area contributed by atoms with Crippen molar-refractivity contribution in [3.05, 3.63) is 0 Å². The van der Waals surface area contributed by atoms with Gasteiger partial charge in [0, 0.05) is 0 Å². The maximum Gasteiger partial charge on any atom is 0.326 e. The molecule has 37 heavy (non-hydrogen) atoms. The van der Waals surface area contributed by atoms with Gasteiger partial charge in [-0.05, 0) is 30.1 Å². The summed E-state index contributed by atoms with van der Waals surface area (Å²) in [7, 11) is 0. The number of hydrogen-bond donors (Lipinski definition) is 7. The van der Waals surface area contributed by atoms with E-state index >= 15 is 0 Å². The van der Waals surface area contributed by atoms with Crippen molar-refractivity contribution >= 4 is 29.6 Å². The molecular formula is C25H47N5O7. The smallest absolute Gasteiger partial charge is 0.326 e. The monoisotopic (exact) mass is 529 g/mol. The molecule has 0 aromatic carbocycles. The Labute approximate surface area is 219 Å². The Morgan fingerprint density at radius 3 is 1.59 bits per heavy atom.